The lowest BCUT2D eigenvalue weighted by atomic mass is 9.93. The number of benzene rings is 2. The van der Waals surface area contributed by atoms with Crippen LogP contribution in [0, 0.1) is 0 Å². The minimum Gasteiger partial charge on any atom is -0.497 e. The van der Waals surface area contributed by atoms with Crippen molar-refractivity contribution in [2.75, 3.05) is 20.8 Å². The Morgan fingerprint density at radius 2 is 1.91 bits per heavy atom. The van der Waals surface area contributed by atoms with Crippen molar-refractivity contribution in [3.63, 3.8) is 0 Å². The van der Waals surface area contributed by atoms with Gasteiger partial charge in [-0.2, -0.15) is 0 Å². The highest BCUT2D eigenvalue weighted by Gasteiger charge is 2.36. The highest BCUT2D eigenvalue weighted by molar-refractivity contribution is 7.07. The number of aromatic carboxylic acids is 1. The van der Waals surface area contributed by atoms with Crippen molar-refractivity contribution < 1.29 is 33.3 Å². The maximum absolute atomic E-state index is 14.1. The molecule has 0 spiro atoms. The van der Waals surface area contributed by atoms with Gasteiger partial charge in [-0.3, -0.25) is 9.36 Å². The predicted octanol–water partition coefficient (Wildman–Crippen LogP) is 5.21. The van der Waals surface area contributed by atoms with Crippen LogP contribution >= 0.6 is 22.9 Å². The molecule has 0 saturated carbocycles. The number of halogens is 1. The van der Waals surface area contributed by atoms with E-state index in [9.17, 15) is 19.5 Å². The average Bonchev–Trinajstić information content (AvgIpc) is 3.60. The molecule has 1 aliphatic rings. The van der Waals surface area contributed by atoms with Crippen molar-refractivity contribution >= 4 is 41.0 Å². The van der Waals surface area contributed by atoms with Crippen LogP contribution in [0.5, 0.6) is 11.5 Å². The first-order valence-corrected chi connectivity index (χ1v) is 15.0. The summed E-state index contributed by atoms with van der Waals surface area (Å²) in [5.74, 6) is 0.129. The molecule has 228 valence electrons. The number of aromatic nitrogens is 1. The van der Waals surface area contributed by atoms with Crippen LogP contribution in [0.3, 0.4) is 0 Å². The van der Waals surface area contributed by atoms with Crippen molar-refractivity contribution in [1.29, 1.82) is 0 Å². The Balaban J connectivity index is 1.68. The monoisotopic (exact) mass is 636 g/mol. The molecule has 10 nitrogen and oxygen atoms in total. The number of methoxy groups -OCH3 is 2. The number of rotatable bonds is 10. The van der Waals surface area contributed by atoms with Gasteiger partial charge in [0.05, 0.1) is 47.2 Å². The molecule has 0 amide bonds. The van der Waals surface area contributed by atoms with E-state index < -0.39 is 18.0 Å². The van der Waals surface area contributed by atoms with Gasteiger partial charge in [0, 0.05) is 17.2 Å². The Bertz CT molecular complexity index is 1970. The number of carboxylic acid groups (broad SMARTS) is 1. The SMILES string of the molecule is CCCC1=C(C(=O)OCC)[C@@H](c2cc(OC)ccc2OC)n2c(s/c(=C\c3ccc(-c4ccc(C(=O)O)c(Cl)c4)o3)c2=O)=N1. The fraction of sp³-hybridized carbons (Fsp3) is 0.250. The smallest absolute Gasteiger partial charge is 0.338 e. The van der Waals surface area contributed by atoms with E-state index in [-0.39, 0.29) is 28.3 Å². The molecule has 12 heteroatoms. The molecule has 0 unspecified atom stereocenters. The molecule has 3 heterocycles. The number of nitrogens with zero attached hydrogens (tertiary/aromatic N) is 2. The molecular weight excluding hydrogens is 608 g/mol. The summed E-state index contributed by atoms with van der Waals surface area (Å²) in [7, 11) is 3.06. The molecule has 44 heavy (non-hydrogen) atoms. The van der Waals surface area contributed by atoms with Crippen molar-refractivity contribution in [1.82, 2.24) is 4.57 Å². The number of hydrogen-bond donors (Lipinski definition) is 1. The van der Waals surface area contributed by atoms with Crippen LogP contribution in [0.2, 0.25) is 5.02 Å². The Labute approximate surface area is 261 Å². The fourth-order valence-electron chi connectivity index (χ4n) is 5.02. The number of esters is 1. The first-order chi connectivity index (χ1) is 21.2. The average molecular weight is 637 g/mol. The first-order valence-electron chi connectivity index (χ1n) is 13.8. The predicted molar refractivity (Wildman–Crippen MR) is 165 cm³/mol. The summed E-state index contributed by atoms with van der Waals surface area (Å²) in [5.41, 5.74) is 1.53. The van der Waals surface area contributed by atoms with Gasteiger partial charge < -0.3 is 23.7 Å². The van der Waals surface area contributed by atoms with Crippen molar-refractivity contribution in [2.24, 2.45) is 4.99 Å². The molecule has 5 rings (SSSR count). The normalized spacial score (nSPS) is 14.7. The van der Waals surface area contributed by atoms with Crippen LogP contribution < -0.4 is 24.4 Å². The van der Waals surface area contributed by atoms with Gasteiger partial charge in [0.2, 0.25) is 0 Å². The Hall–Kier alpha value is -4.61. The molecule has 0 aliphatic carbocycles. The lowest BCUT2D eigenvalue weighted by molar-refractivity contribution is -0.139. The minimum absolute atomic E-state index is 0.0184. The second-order valence-electron chi connectivity index (χ2n) is 9.72. The molecule has 1 N–H and O–H groups in total. The molecule has 1 atom stereocenters. The number of furan rings is 1. The van der Waals surface area contributed by atoms with Crippen LogP contribution in [0.1, 0.15) is 54.4 Å². The fourth-order valence-corrected chi connectivity index (χ4v) is 6.29. The van der Waals surface area contributed by atoms with Gasteiger partial charge in [-0.05, 0) is 55.8 Å². The number of ether oxygens (including phenoxy) is 3. The Morgan fingerprint density at radius 1 is 1.11 bits per heavy atom. The van der Waals surface area contributed by atoms with Gasteiger partial charge in [-0.15, -0.1) is 0 Å². The number of hydrogen-bond acceptors (Lipinski definition) is 9. The summed E-state index contributed by atoms with van der Waals surface area (Å²) >= 11 is 7.32. The molecule has 0 fully saturated rings. The van der Waals surface area contributed by atoms with E-state index in [2.05, 4.69) is 0 Å². The van der Waals surface area contributed by atoms with Gasteiger partial charge >= 0.3 is 11.9 Å². The van der Waals surface area contributed by atoms with Gasteiger partial charge in [-0.25, -0.2) is 14.6 Å². The molecule has 2 aromatic heterocycles. The second-order valence-corrected chi connectivity index (χ2v) is 11.1. The van der Waals surface area contributed by atoms with E-state index in [4.69, 9.17) is 35.2 Å². The maximum atomic E-state index is 14.1. The topological polar surface area (TPSA) is 130 Å². The zero-order valence-electron chi connectivity index (χ0n) is 24.4. The largest absolute Gasteiger partial charge is 0.497 e. The number of carboxylic acids is 1. The van der Waals surface area contributed by atoms with Crippen molar-refractivity contribution in [2.45, 2.75) is 32.7 Å². The molecule has 4 aromatic rings. The zero-order chi connectivity index (χ0) is 31.5. The Kier molecular flexibility index (Phi) is 9.07. The molecule has 0 radical (unpaired) electrons. The number of thiazole rings is 1. The van der Waals surface area contributed by atoms with E-state index in [0.29, 0.717) is 62.0 Å². The first kappa shape index (κ1) is 30.8. The third-order valence-electron chi connectivity index (χ3n) is 7.01. The van der Waals surface area contributed by atoms with Crippen LogP contribution in [-0.2, 0) is 9.53 Å². The molecule has 0 bridgehead atoms. The quantitative estimate of drug-likeness (QED) is 0.235. The van der Waals surface area contributed by atoms with E-state index in [1.165, 1.54) is 42.3 Å². The lowest BCUT2D eigenvalue weighted by Gasteiger charge is -2.27. The second kappa shape index (κ2) is 12.9. The van der Waals surface area contributed by atoms with E-state index in [0.717, 1.165) is 0 Å². The zero-order valence-corrected chi connectivity index (χ0v) is 26.0. The van der Waals surface area contributed by atoms with Gasteiger partial charge in [-0.1, -0.05) is 42.3 Å². The van der Waals surface area contributed by atoms with Gasteiger partial charge in [0.15, 0.2) is 4.80 Å². The molecule has 2 aromatic carbocycles. The van der Waals surface area contributed by atoms with Crippen LogP contribution in [0.15, 0.2) is 74.0 Å². The third kappa shape index (κ3) is 5.80. The summed E-state index contributed by atoms with van der Waals surface area (Å²) in [5, 5.41) is 9.34. The summed E-state index contributed by atoms with van der Waals surface area (Å²) in [6.07, 6.45) is 2.81. The lowest BCUT2D eigenvalue weighted by Crippen LogP contribution is -2.40. The minimum atomic E-state index is -1.13. The van der Waals surface area contributed by atoms with E-state index in [1.54, 1.807) is 49.4 Å². The van der Waals surface area contributed by atoms with E-state index >= 15 is 0 Å². The van der Waals surface area contributed by atoms with Crippen molar-refractivity contribution in [3.05, 3.63) is 101 Å². The highest BCUT2D eigenvalue weighted by atomic mass is 35.5. The maximum Gasteiger partial charge on any atom is 0.338 e. The highest BCUT2D eigenvalue weighted by Crippen LogP contribution is 2.39. The van der Waals surface area contributed by atoms with Gasteiger partial charge in [0.25, 0.3) is 5.56 Å². The standard InChI is InChI=1S/C32H29ClN2O8S/c1-5-7-23-27(31(39)42-6-2)28(21-15-18(40-3)9-13-25(21)41-4)35-29(36)26(44-32(35)34-23)16-19-10-12-24(43-19)17-8-11-20(30(37)38)22(33)14-17/h8-16,28H,5-7H2,1-4H3,(H,37,38)/b26-16-/t28-/m1/s1. The molecule has 1 aliphatic heterocycles. The summed E-state index contributed by atoms with van der Waals surface area (Å²) in [6, 6.07) is 12.2. The van der Waals surface area contributed by atoms with Crippen LogP contribution in [-0.4, -0.2) is 42.4 Å². The third-order valence-corrected chi connectivity index (χ3v) is 8.30. The number of fused-ring (bicyclic) bond motifs is 1. The Morgan fingerprint density at radius 3 is 2.57 bits per heavy atom. The van der Waals surface area contributed by atoms with E-state index in [1.807, 2.05) is 6.92 Å². The number of carbonyl (C=O) groups excluding carboxylic acids is 1. The summed E-state index contributed by atoms with van der Waals surface area (Å²) < 4.78 is 24.4. The molecule has 0 saturated heterocycles. The number of allylic oxidation sites excluding steroid dienone is 1. The van der Waals surface area contributed by atoms with Crippen LogP contribution in [0.4, 0.5) is 0 Å². The summed E-state index contributed by atoms with van der Waals surface area (Å²) in [6.45, 7) is 3.86. The van der Waals surface area contributed by atoms with Crippen molar-refractivity contribution in [3.8, 4) is 22.8 Å². The summed E-state index contributed by atoms with van der Waals surface area (Å²) in [4.78, 5) is 44.1. The molecular formula is C32H29ClN2O8S. The van der Waals surface area contributed by atoms with Gasteiger partial charge in [0.1, 0.15) is 29.1 Å². The van der Waals surface area contributed by atoms with Crippen LogP contribution in [0.25, 0.3) is 17.4 Å². The number of carbonyl (C=O) groups is 2.